The zero-order valence-corrected chi connectivity index (χ0v) is 15.5. The Bertz CT molecular complexity index is 911. The van der Waals surface area contributed by atoms with E-state index >= 15 is 0 Å². The van der Waals surface area contributed by atoms with Crippen LogP contribution in [-0.2, 0) is 6.42 Å². The van der Waals surface area contributed by atoms with E-state index in [1.807, 2.05) is 60.7 Å². The summed E-state index contributed by atoms with van der Waals surface area (Å²) in [4.78, 5) is 24.2. The molecule has 0 atom stereocenters. The molecule has 3 rings (SSSR count). The largest absolute Gasteiger partial charge is 0.350 e. The van der Waals surface area contributed by atoms with Gasteiger partial charge in [-0.3, -0.25) is 4.79 Å². The van der Waals surface area contributed by atoms with Crippen LogP contribution in [0.25, 0.3) is 0 Å². The minimum Gasteiger partial charge on any atom is -0.350 e. The quantitative estimate of drug-likeness (QED) is 0.551. The molecular weight excluding hydrogens is 350 g/mol. The summed E-state index contributed by atoms with van der Waals surface area (Å²) >= 11 is 0. The first-order chi connectivity index (χ1) is 13.7. The number of rotatable bonds is 7. The van der Waals surface area contributed by atoms with Gasteiger partial charge in [0.15, 0.2) is 0 Å². The standard InChI is InChI=1S/C23H23N3O2/c27-22(19-11-5-2-6-12-19)24-15-16-25-23(28)26-21-14-8-7-13-20(21)17-18-9-3-1-4-10-18/h1-14H,15-17H2,(H,24,27)(H2,25,26,28). The number of carbonyl (C=O) groups excluding carboxylic acids is 2. The van der Waals surface area contributed by atoms with Crippen molar-refractivity contribution in [2.75, 3.05) is 18.4 Å². The van der Waals surface area contributed by atoms with Gasteiger partial charge in [-0.15, -0.1) is 0 Å². The molecule has 0 aliphatic heterocycles. The first-order valence-electron chi connectivity index (χ1n) is 9.22. The predicted molar refractivity (Wildman–Crippen MR) is 111 cm³/mol. The number of nitrogens with one attached hydrogen (secondary N) is 3. The van der Waals surface area contributed by atoms with E-state index in [0.717, 1.165) is 17.7 Å². The molecule has 0 aromatic heterocycles. The highest BCUT2D eigenvalue weighted by atomic mass is 16.2. The third kappa shape index (κ3) is 5.71. The molecule has 3 N–H and O–H groups in total. The SMILES string of the molecule is O=C(NCCNC(=O)c1ccccc1)Nc1ccccc1Cc1ccccc1. The molecular formula is C23H23N3O2. The lowest BCUT2D eigenvalue weighted by Crippen LogP contribution is -2.36. The molecule has 0 aliphatic rings. The number of amides is 3. The van der Waals surface area contributed by atoms with Crippen LogP contribution in [0.4, 0.5) is 10.5 Å². The Balaban J connectivity index is 1.47. The number of carbonyl (C=O) groups is 2. The van der Waals surface area contributed by atoms with Crippen LogP contribution in [-0.4, -0.2) is 25.0 Å². The lowest BCUT2D eigenvalue weighted by atomic mass is 10.0. The monoisotopic (exact) mass is 373 g/mol. The molecule has 3 amide bonds. The average Bonchev–Trinajstić information content (AvgIpc) is 2.74. The van der Waals surface area contributed by atoms with Crippen molar-refractivity contribution in [1.29, 1.82) is 0 Å². The zero-order valence-electron chi connectivity index (χ0n) is 15.5. The summed E-state index contributed by atoms with van der Waals surface area (Å²) in [6.45, 7) is 0.693. The van der Waals surface area contributed by atoms with Crippen molar-refractivity contribution in [3.8, 4) is 0 Å². The summed E-state index contributed by atoms with van der Waals surface area (Å²) in [7, 11) is 0. The van der Waals surface area contributed by atoms with Crippen LogP contribution in [0.15, 0.2) is 84.9 Å². The Hall–Kier alpha value is -3.60. The van der Waals surface area contributed by atoms with E-state index in [1.54, 1.807) is 12.1 Å². The third-order valence-electron chi connectivity index (χ3n) is 4.24. The second-order valence-electron chi connectivity index (χ2n) is 6.32. The van der Waals surface area contributed by atoms with Gasteiger partial charge in [0.05, 0.1) is 0 Å². The molecule has 28 heavy (non-hydrogen) atoms. The Morgan fingerprint density at radius 1 is 0.679 bits per heavy atom. The van der Waals surface area contributed by atoms with Crippen LogP contribution in [0.2, 0.25) is 0 Å². The fraction of sp³-hybridized carbons (Fsp3) is 0.130. The van der Waals surface area contributed by atoms with Crippen LogP contribution >= 0.6 is 0 Å². The Labute approximate surface area is 164 Å². The highest BCUT2D eigenvalue weighted by molar-refractivity contribution is 5.94. The molecule has 5 nitrogen and oxygen atoms in total. The first kappa shape index (κ1) is 19.2. The maximum absolute atomic E-state index is 12.2. The molecule has 0 heterocycles. The average molecular weight is 373 g/mol. The summed E-state index contributed by atoms with van der Waals surface area (Å²) in [6.07, 6.45) is 0.741. The number of urea groups is 1. The topological polar surface area (TPSA) is 70.2 Å². The van der Waals surface area contributed by atoms with Crippen LogP contribution in [0, 0.1) is 0 Å². The van der Waals surface area contributed by atoms with Crippen molar-refractivity contribution in [2.24, 2.45) is 0 Å². The molecule has 3 aromatic rings. The summed E-state index contributed by atoms with van der Waals surface area (Å²) in [5.74, 6) is -0.156. The van der Waals surface area contributed by atoms with Gasteiger partial charge in [0.2, 0.25) is 0 Å². The van der Waals surface area contributed by atoms with Gasteiger partial charge < -0.3 is 16.0 Å². The van der Waals surface area contributed by atoms with E-state index in [4.69, 9.17) is 0 Å². The van der Waals surface area contributed by atoms with Gasteiger partial charge in [0, 0.05) is 24.3 Å². The molecule has 0 bridgehead atoms. The smallest absolute Gasteiger partial charge is 0.319 e. The first-order valence-corrected chi connectivity index (χ1v) is 9.22. The second kappa shape index (κ2) is 9.92. The highest BCUT2D eigenvalue weighted by Gasteiger charge is 2.07. The molecule has 0 unspecified atom stereocenters. The van der Waals surface area contributed by atoms with Gasteiger partial charge in [-0.05, 0) is 35.7 Å². The minimum atomic E-state index is -0.297. The van der Waals surface area contributed by atoms with Crippen molar-refractivity contribution in [2.45, 2.75) is 6.42 Å². The Morgan fingerprint density at radius 2 is 1.29 bits per heavy atom. The fourth-order valence-electron chi connectivity index (χ4n) is 2.82. The molecule has 0 radical (unpaired) electrons. The zero-order chi connectivity index (χ0) is 19.6. The summed E-state index contributed by atoms with van der Waals surface area (Å²) in [6, 6.07) is 26.5. The van der Waals surface area contributed by atoms with Crippen LogP contribution in [0.3, 0.4) is 0 Å². The van der Waals surface area contributed by atoms with Gasteiger partial charge in [-0.2, -0.15) is 0 Å². The van der Waals surface area contributed by atoms with E-state index in [9.17, 15) is 9.59 Å². The van der Waals surface area contributed by atoms with Crippen molar-refractivity contribution >= 4 is 17.6 Å². The summed E-state index contributed by atoms with van der Waals surface area (Å²) in [5.41, 5.74) is 3.60. The van der Waals surface area contributed by atoms with Crippen LogP contribution in [0.1, 0.15) is 21.5 Å². The van der Waals surface area contributed by atoms with Crippen molar-refractivity contribution in [3.05, 3.63) is 102 Å². The number of benzene rings is 3. The lowest BCUT2D eigenvalue weighted by Gasteiger charge is -2.12. The predicted octanol–water partition coefficient (Wildman–Crippen LogP) is 3.83. The number of anilines is 1. The van der Waals surface area contributed by atoms with Crippen LogP contribution in [0.5, 0.6) is 0 Å². The molecule has 0 aliphatic carbocycles. The Morgan fingerprint density at radius 3 is 2.04 bits per heavy atom. The molecule has 0 spiro atoms. The minimum absolute atomic E-state index is 0.156. The fourth-order valence-corrected chi connectivity index (χ4v) is 2.82. The lowest BCUT2D eigenvalue weighted by molar-refractivity contribution is 0.0954. The van der Waals surface area contributed by atoms with Gasteiger partial charge in [-0.1, -0.05) is 66.7 Å². The normalized spacial score (nSPS) is 10.1. The van der Waals surface area contributed by atoms with Gasteiger partial charge in [-0.25, -0.2) is 4.79 Å². The maximum atomic E-state index is 12.2. The molecule has 142 valence electrons. The summed E-state index contributed by atoms with van der Waals surface area (Å²) < 4.78 is 0. The van der Waals surface area contributed by atoms with E-state index < -0.39 is 0 Å². The van der Waals surface area contributed by atoms with Gasteiger partial charge in [0.25, 0.3) is 5.91 Å². The van der Waals surface area contributed by atoms with Crippen LogP contribution < -0.4 is 16.0 Å². The van der Waals surface area contributed by atoms with Gasteiger partial charge >= 0.3 is 6.03 Å². The highest BCUT2D eigenvalue weighted by Crippen LogP contribution is 2.18. The molecule has 0 saturated carbocycles. The third-order valence-corrected chi connectivity index (χ3v) is 4.24. The van der Waals surface area contributed by atoms with Crippen molar-refractivity contribution in [1.82, 2.24) is 10.6 Å². The second-order valence-corrected chi connectivity index (χ2v) is 6.32. The Kier molecular flexibility index (Phi) is 6.79. The number of hydrogen-bond donors (Lipinski definition) is 3. The van der Waals surface area contributed by atoms with E-state index in [-0.39, 0.29) is 11.9 Å². The maximum Gasteiger partial charge on any atom is 0.319 e. The van der Waals surface area contributed by atoms with Crippen molar-refractivity contribution < 1.29 is 9.59 Å². The molecule has 5 heteroatoms. The van der Waals surface area contributed by atoms with Gasteiger partial charge in [0.1, 0.15) is 0 Å². The molecule has 0 saturated heterocycles. The number of para-hydroxylation sites is 1. The summed E-state index contributed by atoms with van der Waals surface area (Å²) in [5, 5.41) is 8.43. The molecule has 0 fully saturated rings. The molecule has 3 aromatic carbocycles. The number of hydrogen-bond acceptors (Lipinski definition) is 2. The van der Waals surface area contributed by atoms with E-state index in [1.165, 1.54) is 5.56 Å². The van der Waals surface area contributed by atoms with E-state index in [2.05, 4.69) is 28.1 Å². The van der Waals surface area contributed by atoms with Crippen molar-refractivity contribution in [3.63, 3.8) is 0 Å². The van der Waals surface area contributed by atoms with E-state index in [0.29, 0.717) is 18.7 Å².